The minimum atomic E-state index is -1.42. The standard InChI is InChI=1S/C26H27N3O5S/c1-3-34-20(30)15-28-19-12-8-7-11-17(19)26(25(28)33)22-21(18(27-26)13-14-35-2)23(31)29(24(22)32)16-9-5-4-6-10-16/h4-12,18,21-22,27H,3,13-15H2,1-2H3. The van der Waals surface area contributed by atoms with E-state index in [-0.39, 0.29) is 25.1 Å². The van der Waals surface area contributed by atoms with Gasteiger partial charge < -0.3 is 4.74 Å². The summed E-state index contributed by atoms with van der Waals surface area (Å²) in [4.78, 5) is 56.8. The van der Waals surface area contributed by atoms with E-state index in [1.54, 1.807) is 55.1 Å². The number of anilines is 2. The largest absolute Gasteiger partial charge is 0.465 e. The average molecular weight is 494 g/mol. The number of fused-ring (bicyclic) bond motifs is 4. The molecular formula is C26H27N3O5S. The van der Waals surface area contributed by atoms with E-state index >= 15 is 0 Å². The second kappa shape index (κ2) is 9.13. The third-order valence-electron chi connectivity index (χ3n) is 7.11. The molecule has 2 aromatic carbocycles. The van der Waals surface area contributed by atoms with Gasteiger partial charge in [-0.05, 0) is 43.6 Å². The van der Waals surface area contributed by atoms with Gasteiger partial charge >= 0.3 is 5.97 Å². The summed E-state index contributed by atoms with van der Waals surface area (Å²) < 4.78 is 5.11. The molecule has 3 amide bonds. The molecule has 0 aliphatic carbocycles. The van der Waals surface area contributed by atoms with Crippen molar-refractivity contribution in [3.63, 3.8) is 0 Å². The van der Waals surface area contributed by atoms with Crippen LogP contribution in [0.1, 0.15) is 18.9 Å². The maximum absolute atomic E-state index is 14.2. The van der Waals surface area contributed by atoms with Crippen LogP contribution in [0.3, 0.4) is 0 Å². The zero-order valence-electron chi connectivity index (χ0n) is 19.6. The molecule has 182 valence electrons. The number of ether oxygens (including phenoxy) is 1. The van der Waals surface area contributed by atoms with Crippen LogP contribution in [-0.4, -0.2) is 54.9 Å². The molecule has 9 heteroatoms. The molecule has 3 aliphatic rings. The predicted molar refractivity (Wildman–Crippen MR) is 133 cm³/mol. The van der Waals surface area contributed by atoms with Crippen LogP contribution in [0.2, 0.25) is 0 Å². The Morgan fingerprint density at radius 3 is 2.49 bits per heavy atom. The lowest BCUT2D eigenvalue weighted by atomic mass is 9.76. The average Bonchev–Trinajstić information content (AvgIpc) is 3.43. The number of nitrogens with one attached hydrogen (secondary N) is 1. The molecule has 1 spiro atoms. The van der Waals surface area contributed by atoms with Gasteiger partial charge in [0.25, 0.3) is 5.91 Å². The van der Waals surface area contributed by atoms with E-state index in [1.807, 2.05) is 24.5 Å². The molecule has 35 heavy (non-hydrogen) atoms. The van der Waals surface area contributed by atoms with Gasteiger partial charge in [-0.3, -0.25) is 29.4 Å². The lowest BCUT2D eigenvalue weighted by Gasteiger charge is -2.30. The highest BCUT2D eigenvalue weighted by molar-refractivity contribution is 7.98. The number of para-hydroxylation sites is 2. The Morgan fingerprint density at radius 1 is 1.06 bits per heavy atom. The van der Waals surface area contributed by atoms with Crippen LogP contribution in [0.5, 0.6) is 0 Å². The summed E-state index contributed by atoms with van der Waals surface area (Å²) in [5.41, 5.74) is 0.248. The van der Waals surface area contributed by atoms with Crippen molar-refractivity contribution >= 4 is 46.8 Å². The summed E-state index contributed by atoms with van der Waals surface area (Å²) in [6.07, 6.45) is 2.61. The van der Waals surface area contributed by atoms with Crippen LogP contribution in [0, 0.1) is 11.8 Å². The molecule has 4 unspecified atom stereocenters. The molecule has 2 saturated heterocycles. The number of hydrogen-bond acceptors (Lipinski definition) is 7. The Labute approximate surface area is 208 Å². The van der Waals surface area contributed by atoms with Crippen molar-refractivity contribution in [1.29, 1.82) is 0 Å². The lowest BCUT2D eigenvalue weighted by Crippen LogP contribution is -2.55. The summed E-state index contributed by atoms with van der Waals surface area (Å²) in [6.45, 7) is 1.65. The minimum absolute atomic E-state index is 0.201. The number of thioether (sulfide) groups is 1. The molecule has 1 N–H and O–H groups in total. The number of amides is 3. The molecule has 3 heterocycles. The first-order chi connectivity index (χ1) is 17.0. The predicted octanol–water partition coefficient (Wildman–Crippen LogP) is 2.32. The van der Waals surface area contributed by atoms with Gasteiger partial charge in [0.2, 0.25) is 11.8 Å². The summed E-state index contributed by atoms with van der Waals surface area (Å²) in [6, 6.07) is 15.6. The number of nitrogens with zero attached hydrogens (tertiary/aromatic N) is 2. The summed E-state index contributed by atoms with van der Waals surface area (Å²) in [5, 5.41) is 3.45. The second-order valence-electron chi connectivity index (χ2n) is 8.90. The van der Waals surface area contributed by atoms with Gasteiger partial charge in [-0.1, -0.05) is 36.4 Å². The van der Waals surface area contributed by atoms with Gasteiger partial charge in [0.15, 0.2) is 0 Å². The normalized spacial score (nSPS) is 27.0. The highest BCUT2D eigenvalue weighted by Gasteiger charge is 2.71. The molecule has 2 aromatic rings. The Balaban J connectivity index is 1.63. The number of imide groups is 1. The van der Waals surface area contributed by atoms with Gasteiger partial charge in [-0.2, -0.15) is 11.8 Å². The van der Waals surface area contributed by atoms with Crippen molar-refractivity contribution in [3.8, 4) is 0 Å². The summed E-state index contributed by atoms with van der Waals surface area (Å²) in [7, 11) is 0. The van der Waals surface area contributed by atoms with Gasteiger partial charge in [-0.15, -0.1) is 0 Å². The van der Waals surface area contributed by atoms with Crippen LogP contribution in [0.4, 0.5) is 11.4 Å². The molecule has 2 fully saturated rings. The molecular weight excluding hydrogens is 466 g/mol. The van der Waals surface area contributed by atoms with Crippen LogP contribution < -0.4 is 15.1 Å². The number of hydrogen-bond donors (Lipinski definition) is 1. The quantitative estimate of drug-likeness (QED) is 0.467. The summed E-state index contributed by atoms with van der Waals surface area (Å²) >= 11 is 1.65. The van der Waals surface area contributed by atoms with Gasteiger partial charge in [0, 0.05) is 17.3 Å². The van der Waals surface area contributed by atoms with Crippen molar-refractivity contribution in [2.24, 2.45) is 11.8 Å². The Hall–Kier alpha value is -3.17. The van der Waals surface area contributed by atoms with E-state index < -0.39 is 35.2 Å². The minimum Gasteiger partial charge on any atom is -0.465 e. The molecule has 0 saturated carbocycles. The van der Waals surface area contributed by atoms with Crippen LogP contribution in [-0.2, 0) is 29.5 Å². The van der Waals surface area contributed by atoms with E-state index in [9.17, 15) is 19.2 Å². The van der Waals surface area contributed by atoms with Gasteiger partial charge in [0.05, 0.1) is 24.1 Å². The fraction of sp³-hybridized carbons (Fsp3) is 0.385. The number of rotatable bonds is 7. The monoisotopic (exact) mass is 493 g/mol. The second-order valence-corrected chi connectivity index (χ2v) is 9.89. The number of carbonyl (C=O) groups excluding carboxylic acids is 4. The first kappa shape index (κ1) is 23.6. The van der Waals surface area contributed by atoms with Gasteiger partial charge in [0.1, 0.15) is 12.1 Å². The van der Waals surface area contributed by atoms with Crippen molar-refractivity contribution in [1.82, 2.24) is 5.32 Å². The molecule has 4 atom stereocenters. The van der Waals surface area contributed by atoms with Crippen LogP contribution >= 0.6 is 11.8 Å². The zero-order valence-corrected chi connectivity index (χ0v) is 20.4. The first-order valence-corrected chi connectivity index (χ1v) is 13.1. The van der Waals surface area contributed by atoms with Gasteiger partial charge in [-0.25, -0.2) is 4.90 Å². The highest BCUT2D eigenvalue weighted by atomic mass is 32.2. The lowest BCUT2D eigenvalue weighted by molar-refractivity contribution is -0.142. The topological polar surface area (TPSA) is 96.0 Å². The third kappa shape index (κ3) is 3.48. The van der Waals surface area contributed by atoms with E-state index in [0.29, 0.717) is 23.4 Å². The number of esters is 1. The molecule has 8 nitrogen and oxygen atoms in total. The van der Waals surface area contributed by atoms with Crippen molar-refractivity contribution in [2.75, 3.05) is 35.0 Å². The molecule has 0 aromatic heterocycles. The molecule has 3 aliphatic heterocycles. The van der Waals surface area contributed by atoms with Crippen molar-refractivity contribution in [2.45, 2.75) is 24.9 Å². The number of benzene rings is 2. The molecule has 5 rings (SSSR count). The molecule has 0 bridgehead atoms. The summed E-state index contributed by atoms with van der Waals surface area (Å²) in [5.74, 6) is -2.45. The van der Waals surface area contributed by atoms with Crippen LogP contribution in [0.15, 0.2) is 54.6 Å². The fourth-order valence-corrected chi connectivity index (χ4v) is 6.25. The maximum atomic E-state index is 14.2. The Bertz CT molecular complexity index is 1190. The fourth-order valence-electron chi connectivity index (χ4n) is 5.76. The SMILES string of the molecule is CCOC(=O)CN1C(=O)C2(NC(CCSC)C3C(=O)N(c4ccccc4)C(=O)C32)c2ccccc21. The van der Waals surface area contributed by atoms with Crippen LogP contribution in [0.25, 0.3) is 0 Å². The maximum Gasteiger partial charge on any atom is 0.326 e. The third-order valence-corrected chi connectivity index (χ3v) is 7.75. The smallest absolute Gasteiger partial charge is 0.326 e. The van der Waals surface area contributed by atoms with E-state index in [2.05, 4.69) is 5.32 Å². The Morgan fingerprint density at radius 2 is 1.77 bits per heavy atom. The van der Waals surface area contributed by atoms with E-state index in [4.69, 9.17) is 4.74 Å². The van der Waals surface area contributed by atoms with Crippen molar-refractivity contribution in [3.05, 3.63) is 60.2 Å². The van der Waals surface area contributed by atoms with Crippen molar-refractivity contribution < 1.29 is 23.9 Å². The molecule has 0 radical (unpaired) electrons. The van der Waals surface area contributed by atoms with E-state index in [0.717, 1.165) is 5.75 Å². The van der Waals surface area contributed by atoms with E-state index in [1.165, 1.54) is 9.80 Å². The first-order valence-electron chi connectivity index (χ1n) is 11.7. The zero-order chi connectivity index (χ0) is 24.7. The Kier molecular flexibility index (Phi) is 6.14. The highest BCUT2D eigenvalue weighted by Crippen LogP contribution is 2.55. The number of carbonyl (C=O) groups is 4.